The lowest BCUT2D eigenvalue weighted by molar-refractivity contribution is 0.0223. The molecule has 0 aromatic heterocycles. The largest absolute Gasteiger partial charge is 0.455 e. The summed E-state index contributed by atoms with van der Waals surface area (Å²) in [6, 6.07) is 12.7. The third kappa shape index (κ3) is 3.55. The van der Waals surface area contributed by atoms with Crippen molar-refractivity contribution in [2.45, 2.75) is 20.1 Å². The highest BCUT2D eigenvalue weighted by Gasteiger charge is 2.06. The summed E-state index contributed by atoms with van der Waals surface area (Å²) in [5.74, 6) is 1.45. The Bertz CT molecular complexity index is 553. The van der Waals surface area contributed by atoms with Crippen LogP contribution >= 0.6 is 0 Å². The van der Waals surface area contributed by atoms with Gasteiger partial charge in [-0.25, -0.2) is 0 Å². The summed E-state index contributed by atoms with van der Waals surface area (Å²) in [6.45, 7) is 3.77. The zero-order valence-corrected chi connectivity index (χ0v) is 11.1. The minimum atomic E-state index is -0.397. The Hall–Kier alpha value is -2.36. The van der Waals surface area contributed by atoms with Gasteiger partial charge in [-0.15, -0.1) is 0 Å². The monoisotopic (exact) mass is 258 g/mol. The van der Waals surface area contributed by atoms with Crippen molar-refractivity contribution in [2.24, 2.45) is 0 Å². The number of rotatable bonds is 4. The Labute approximate surface area is 112 Å². The summed E-state index contributed by atoms with van der Waals surface area (Å²) in [5.41, 5.74) is 13.8. The Morgan fingerprint density at radius 3 is 2.11 bits per heavy atom. The van der Waals surface area contributed by atoms with E-state index in [0.717, 1.165) is 17.0 Å². The molecule has 1 unspecified atom stereocenters. The van der Waals surface area contributed by atoms with E-state index in [1.165, 1.54) is 0 Å². The first-order chi connectivity index (χ1) is 9.04. The Morgan fingerprint density at radius 2 is 1.47 bits per heavy atom. The summed E-state index contributed by atoms with van der Waals surface area (Å²) >= 11 is 0. The van der Waals surface area contributed by atoms with Gasteiger partial charge in [-0.2, -0.15) is 0 Å². The first kappa shape index (κ1) is 13.1. The van der Waals surface area contributed by atoms with E-state index >= 15 is 0 Å². The van der Waals surface area contributed by atoms with Crippen molar-refractivity contribution in [3.8, 4) is 11.5 Å². The van der Waals surface area contributed by atoms with Crippen molar-refractivity contribution in [3.63, 3.8) is 0 Å². The molecular formula is C15H18N2O2. The second-order valence-corrected chi connectivity index (χ2v) is 4.39. The van der Waals surface area contributed by atoms with Crippen LogP contribution in [0.4, 0.5) is 11.4 Å². The number of nitrogens with two attached hydrogens (primary N) is 2. The Morgan fingerprint density at radius 1 is 0.895 bits per heavy atom. The normalized spacial score (nSPS) is 11.9. The van der Waals surface area contributed by atoms with Crippen LogP contribution in [0, 0.1) is 6.92 Å². The molecule has 2 aromatic rings. The fraction of sp³-hybridized carbons (Fsp3) is 0.200. The average molecular weight is 258 g/mol. The summed E-state index contributed by atoms with van der Waals surface area (Å²) in [4.78, 5) is 0. The smallest absolute Gasteiger partial charge is 0.238 e. The Kier molecular flexibility index (Phi) is 3.80. The summed E-state index contributed by atoms with van der Waals surface area (Å²) in [5, 5.41) is 0. The van der Waals surface area contributed by atoms with Gasteiger partial charge in [0.05, 0.1) is 0 Å². The van der Waals surface area contributed by atoms with Crippen molar-refractivity contribution in [1.82, 2.24) is 0 Å². The minimum absolute atomic E-state index is 0.397. The van der Waals surface area contributed by atoms with Crippen LogP contribution in [0.15, 0.2) is 42.5 Å². The van der Waals surface area contributed by atoms with Crippen LogP contribution < -0.4 is 20.9 Å². The van der Waals surface area contributed by atoms with Gasteiger partial charge >= 0.3 is 0 Å². The van der Waals surface area contributed by atoms with Crippen LogP contribution in [-0.4, -0.2) is 6.29 Å². The number of nitrogen functional groups attached to an aromatic ring is 2. The van der Waals surface area contributed by atoms with Crippen LogP contribution in [0.1, 0.15) is 12.5 Å². The fourth-order valence-corrected chi connectivity index (χ4v) is 1.68. The molecule has 0 saturated heterocycles. The SMILES string of the molecule is Cc1cc(OC(C)Oc2ccc(N)cc2)ccc1N. The lowest BCUT2D eigenvalue weighted by Gasteiger charge is -2.17. The number of aryl methyl sites for hydroxylation is 1. The van der Waals surface area contributed by atoms with E-state index in [-0.39, 0.29) is 0 Å². The van der Waals surface area contributed by atoms with E-state index in [1.807, 2.05) is 44.2 Å². The molecule has 0 aliphatic rings. The Balaban J connectivity index is 1.98. The van der Waals surface area contributed by atoms with Crippen LogP contribution in [0.5, 0.6) is 11.5 Å². The fourth-order valence-electron chi connectivity index (χ4n) is 1.68. The molecule has 0 heterocycles. The second kappa shape index (κ2) is 5.52. The maximum absolute atomic E-state index is 5.76. The van der Waals surface area contributed by atoms with E-state index in [0.29, 0.717) is 11.4 Å². The van der Waals surface area contributed by atoms with E-state index in [9.17, 15) is 0 Å². The van der Waals surface area contributed by atoms with E-state index in [1.54, 1.807) is 12.1 Å². The molecular weight excluding hydrogens is 240 g/mol. The molecule has 100 valence electrons. The summed E-state index contributed by atoms with van der Waals surface area (Å²) < 4.78 is 11.3. The lowest BCUT2D eigenvalue weighted by atomic mass is 10.2. The van der Waals surface area contributed by atoms with Gasteiger partial charge in [-0.1, -0.05) is 0 Å². The molecule has 4 N–H and O–H groups in total. The van der Waals surface area contributed by atoms with Gasteiger partial charge < -0.3 is 20.9 Å². The van der Waals surface area contributed by atoms with Crippen LogP contribution in [0.2, 0.25) is 0 Å². The zero-order chi connectivity index (χ0) is 13.8. The van der Waals surface area contributed by atoms with Crippen molar-refractivity contribution in [3.05, 3.63) is 48.0 Å². The molecule has 0 fully saturated rings. The molecule has 19 heavy (non-hydrogen) atoms. The topological polar surface area (TPSA) is 70.5 Å². The number of hydrogen-bond acceptors (Lipinski definition) is 4. The third-order valence-electron chi connectivity index (χ3n) is 2.73. The maximum Gasteiger partial charge on any atom is 0.238 e. The molecule has 4 heteroatoms. The molecule has 0 spiro atoms. The average Bonchev–Trinajstić information content (AvgIpc) is 2.37. The lowest BCUT2D eigenvalue weighted by Crippen LogP contribution is -2.19. The molecule has 0 radical (unpaired) electrons. The highest BCUT2D eigenvalue weighted by molar-refractivity contribution is 5.49. The minimum Gasteiger partial charge on any atom is -0.455 e. The molecule has 2 aromatic carbocycles. The standard InChI is InChI=1S/C15H18N2O2/c1-10-9-14(7-8-15(10)17)19-11(2)18-13-5-3-12(16)4-6-13/h3-9,11H,16-17H2,1-2H3. The molecule has 0 amide bonds. The van der Waals surface area contributed by atoms with E-state index in [2.05, 4.69) is 0 Å². The zero-order valence-electron chi connectivity index (χ0n) is 11.1. The van der Waals surface area contributed by atoms with E-state index < -0.39 is 6.29 Å². The molecule has 0 saturated carbocycles. The maximum atomic E-state index is 5.76. The number of hydrogen-bond donors (Lipinski definition) is 2. The van der Waals surface area contributed by atoms with Gasteiger partial charge in [0.15, 0.2) is 0 Å². The van der Waals surface area contributed by atoms with Gasteiger partial charge in [-0.05, 0) is 55.0 Å². The van der Waals surface area contributed by atoms with Crippen LogP contribution in [0.25, 0.3) is 0 Å². The van der Waals surface area contributed by atoms with Crippen molar-refractivity contribution in [1.29, 1.82) is 0 Å². The number of benzene rings is 2. The third-order valence-corrected chi connectivity index (χ3v) is 2.73. The highest BCUT2D eigenvalue weighted by atomic mass is 16.7. The van der Waals surface area contributed by atoms with E-state index in [4.69, 9.17) is 20.9 Å². The summed E-state index contributed by atoms with van der Waals surface area (Å²) in [7, 11) is 0. The van der Waals surface area contributed by atoms with Gasteiger partial charge in [0.2, 0.25) is 6.29 Å². The molecule has 1 atom stereocenters. The van der Waals surface area contributed by atoms with Gasteiger partial charge in [0, 0.05) is 18.3 Å². The van der Waals surface area contributed by atoms with Gasteiger partial charge in [0.1, 0.15) is 11.5 Å². The predicted molar refractivity (Wildman–Crippen MR) is 77.2 cm³/mol. The molecule has 2 rings (SSSR count). The van der Waals surface area contributed by atoms with Crippen molar-refractivity contribution in [2.75, 3.05) is 11.5 Å². The highest BCUT2D eigenvalue weighted by Crippen LogP contribution is 2.21. The first-order valence-corrected chi connectivity index (χ1v) is 6.09. The van der Waals surface area contributed by atoms with Crippen LogP contribution in [0.3, 0.4) is 0 Å². The summed E-state index contributed by atoms with van der Waals surface area (Å²) in [6.07, 6.45) is -0.397. The predicted octanol–water partition coefficient (Wildman–Crippen LogP) is 2.96. The quantitative estimate of drug-likeness (QED) is 0.653. The van der Waals surface area contributed by atoms with Crippen molar-refractivity contribution >= 4 is 11.4 Å². The molecule has 0 aliphatic carbocycles. The van der Waals surface area contributed by atoms with Crippen molar-refractivity contribution < 1.29 is 9.47 Å². The van der Waals surface area contributed by atoms with Crippen LogP contribution in [-0.2, 0) is 0 Å². The van der Waals surface area contributed by atoms with Gasteiger partial charge in [-0.3, -0.25) is 0 Å². The number of ether oxygens (including phenoxy) is 2. The molecule has 4 nitrogen and oxygen atoms in total. The molecule has 0 bridgehead atoms. The first-order valence-electron chi connectivity index (χ1n) is 6.09. The van der Waals surface area contributed by atoms with Gasteiger partial charge in [0.25, 0.3) is 0 Å². The molecule has 0 aliphatic heterocycles. The second-order valence-electron chi connectivity index (χ2n) is 4.39. The number of anilines is 2.